The van der Waals surface area contributed by atoms with Crippen molar-refractivity contribution in [2.24, 2.45) is 11.8 Å². The molecule has 0 nitrogen and oxygen atoms in total. The van der Waals surface area contributed by atoms with Gasteiger partial charge in [-0.15, -0.1) is 11.6 Å². The maximum absolute atomic E-state index is 13.7. The second kappa shape index (κ2) is 4.99. The van der Waals surface area contributed by atoms with E-state index in [1.165, 1.54) is 0 Å². The van der Waals surface area contributed by atoms with Crippen LogP contribution in [0.1, 0.15) is 44.9 Å². The lowest BCUT2D eigenvalue weighted by molar-refractivity contribution is 0.0693. The zero-order chi connectivity index (χ0) is 10.8. The van der Waals surface area contributed by atoms with Gasteiger partial charge in [-0.3, -0.25) is 0 Å². The lowest BCUT2D eigenvalue weighted by Crippen LogP contribution is -2.35. The van der Waals surface area contributed by atoms with E-state index in [1.54, 1.807) is 0 Å². The molecule has 0 bridgehead atoms. The Balaban J connectivity index is 1.92. The van der Waals surface area contributed by atoms with Crippen molar-refractivity contribution >= 4 is 11.6 Å². The van der Waals surface area contributed by atoms with Crippen LogP contribution in [0.25, 0.3) is 0 Å². The first-order valence-corrected chi connectivity index (χ1v) is 6.54. The number of rotatable bonds is 1. The minimum Gasteiger partial charge on any atom is -0.247 e. The van der Waals surface area contributed by atoms with Gasteiger partial charge in [-0.2, -0.15) is 0 Å². The van der Waals surface area contributed by atoms with E-state index in [2.05, 4.69) is 0 Å². The third-order valence-corrected chi connectivity index (χ3v) is 4.56. The van der Waals surface area contributed by atoms with Crippen molar-refractivity contribution in [3.8, 4) is 0 Å². The van der Waals surface area contributed by atoms with Crippen molar-refractivity contribution in [2.45, 2.75) is 62.7 Å². The zero-order valence-electron chi connectivity index (χ0n) is 8.97. The molecule has 2 aliphatic rings. The Morgan fingerprint density at radius 3 is 2.27 bits per heavy atom. The quantitative estimate of drug-likeness (QED) is 0.597. The summed E-state index contributed by atoms with van der Waals surface area (Å²) in [5.41, 5.74) is 0. The largest absolute Gasteiger partial charge is 0.247 e. The van der Waals surface area contributed by atoms with E-state index in [-0.39, 0.29) is 17.2 Å². The molecule has 0 aromatic rings. The van der Waals surface area contributed by atoms with Gasteiger partial charge >= 0.3 is 0 Å². The Hall–Kier alpha value is 0.150. The van der Waals surface area contributed by atoms with Crippen molar-refractivity contribution < 1.29 is 8.78 Å². The molecule has 2 aliphatic carbocycles. The lowest BCUT2D eigenvalue weighted by Gasteiger charge is -2.37. The van der Waals surface area contributed by atoms with Gasteiger partial charge in [-0.25, -0.2) is 8.78 Å². The summed E-state index contributed by atoms with van der Waals surface area (Å²) in [7, 11) is 0. The van der Waals surface area contributed by atoms with E-state index in [9.17, 15) is 8.78 Å². The highest BCUT2D eigenvalue weighted by Crippen LogP contribution is 2.41. The van der Waals surface area contributed by atoms with Gasteiger partial charge in [0, 0.05) is 0 Å². The van der Waals surface area contributed by atoms with Crippen LogP contribution in [0, 0.1) is 11.8 Å². The third kappa shape index (κ3) is 2.64. The van der Waals surface area contributed by atoms with E-state index in [1.807, 2.05) is 0 Å². The molecule has 0 spiro atoms. The fourth-order valence-electron chi connectivity index (χ4n) is 3.14. The highest BCUT2D eigenvalue weighted by atomic mass is 35.5. The predicted octanol–water partition coefficient (Wildman–Crippen LogP) is 4.26. The van der Waals surface area contributed by atoms with Crippen LogP contribution in [-0.4, -0.2) is 17.7 Å². The van der Waals surface area contributed by atoms with E-state index in [0.717, 1.165) is 32.1 Å². The molecule has 5 atom stereocenters. The summed E-state index contributed by atoms with van der Waals surface area (Å²) in [6.07, 6.45) is 4.26. The molecule has 15 heavy (non-hydrogen) atoms. The van der Waals surface area contributed by atoms with Crippen LogP contribution in [0.15, 0.2) is 0 Å². The van der Waals surface area contributed by atoms with Crippen LogP contribution in [0.3, 0.4) is 0 Å². The van der Waals surface area contributed by atoms with Crippen LogP contribution in [-0.2, 0) is 0 Å². The van der Waals surface area contributed by atoms with Gasteiger partial charge in [0.2, 0.25) is 0 Å². The average Bonchev–Trinajstić information content (AvgIpc) is 2.23. The maximum atomic E-state index is 13.7. The first-order valence-electron chi connectivity index (χ1n) is 6.10. The molecular formula is C12H19ClF2. The molecular weight excluding hydrogens is 218 g/mol. The zero-order valence-corrected chi connectivity index (χ0v) is 9.73. The van der Waals surface area contributed by atoms with Gasteiger partial charge in [-0.1, -0.05) is 12.8 Å². The first-order chi connectivity index (χ1) is 7.18. The molecule has 5 unspecified atom stereocenters. The van der Waals surface area contributed by atoms with Crippen LogP contribution in [0.5, 0.6) is 0 Å². The molecule has 0 saturated heterocycles. The highest BCUT2D eigenvalue weighted by Gasteiger charge is 2.37. The Morgan fingerprint density at radius 2 is 1.60 bits per heavy atom. The minimum absolute atomic E-state index is 0.112. The van der Waals surface area contributed by atoms with Crippen molar-refractivity contribution in [2.75, 3.05) is 0 Å². The van der Waals surface area contributed by atoms with Crippen LogP contribution in [0.2, 0.25) is 0 Å². The van der Waals surface area contributed by atoms with Gasteiger partial charge in [0.25, 0.3) is 0 Å². The van der Waals surface area contributed by atoms with Gasteiger partial charge < -0.3 is 0 Å². The topological polar surface area (TPSA) is 0 Å². The van der Waals surface area contributed by atoms with Crippen LogP contribution < -0.4 is 0 Å². The summed E-state index contributed by atoms with van der Waals surface area (Å²) < 4.78 is 27.2. The molecule has 0 amide bonds. The summed E-state index contributed by atoms with van der Waals surface area (Å²) in [6.45, 7) is 0. The summed E-state index contributed by atoms with van der Waals surface area (Å²) in [4.78, 5) is 0. The molecule has 0 N–H and O–H groups in total. The Morgan fingerprint density at radius 1 is 0.867 bits per heavy atom. The van der Waals surface area contributed by atoms with E-state index < -0.39 is 12.3 Å². The molecule has 2 saturated carbocycles. The lowest BCUT2D eigenvalue weighted by atomic mass is 9.72. The molecule has 0 aromatic carbocycles. The summed E-state index contributed by atoms with van der Waals surface area (Å²) >= 11 is 5.84. The number of alkyl halides is 3. The predicted molar refractivity (Wildman–Crippen MR) is 58.7 cm³/mol. The smallest absolute Gasteiger partial charge is 0.117 e. The summed E-state index contributed by atoms with van der Waals surface area (Å²) in [5.74, 6) is 0.353. The van der Waals surface area contributed by atoms with E-state index in [0.29, 0.717) is 12.8 Å². The Kier molecular flexibility index (Phi) is 3.87. The first kappa shape index (κ1) is 11.6. The molecule has 88 valence electrons. The van der Waals surface area contributed by atoms with Crippen molar-refractivity contribution in [1.82, 2.24) is 0 Å². The number of hydrogen-bond acceptors (Lipinski definition) is 0. The molecule has 0 aliphatic heterocycles. The number of halogens is 3. The van der Waals surface area contributed by atoms with Crippen LogP contribution >= 0.6 is 11.6 Å². The highest BCUT2D eigenvalue weighted by molar-refractivity contribution is 6.21. The van der Waals surface area contributed by atoms with Gasteiger partial charge in [0.05, 0.1) is 5.38 Å². The monoisotopic (exact) mass is 236 g/mol. The van der Waals surface area contributed by atoms with Gasteiger partial charge in [0.1, 0.15) is 12.3 Å². The second-order valence-electron chi connectivity index (χ2n) is 5.07. The summed E-state index contributed by atoms with van der Waals surface area (Å²) in [6, 6.07) is 0. The van der Waals surface area contributed by atoms with Crippen molar-refractivity contribution in [1.29, 1.82) is 0 Å². The standard InChI is InChI=1S/C12H19ClF2/c13-10-6-5-8(7-12(10)15)9-3-1-2-4-11(9)14/h8-12H,1-7H2. The fourth-order valence-corrected chi connectivity index (χ4v) is 3.37. The molecule has 3 heteroatoms. The molecule has 2 rings (SSSR count). The van der Waals surface area contributed by atoms with Crippen molar-refractivity contribution in [3.05, 3.63) is 0 Å². The average molecular weight is 237 g/mol. The SMILES string of the molecule is FC1CC(C2CCCCC2F)CCC1Cl. The van der Waals surface area contributed by atoms with Crippen molar-refractivity contribution in [3.63, 3.8) is 0 Å². The molecule has 0 heterocycles. The van der Waals surface area contributed by atoms with Gasteiger partial charge in [-0.05, 0) is 43.9 Å². The third-order valence-electron chi connectivity index (χ3n) is 4.07. The number of hydrogen-bond donors (Lipinski definition) is 0. The Bertz CT molecular complexity index is 210. The van der Waals surface area contributed by atoms with Crippen LogP contribution in [0.4, 0.5) is 8.78 Å². The molecule has 2 fully saturated rings. The van der Waals surface area contributed by atoms with Gasteiger partial charge in [0.15, 0.2) is 0 Å². The minimum atomic E-state index is -0.917. The normalized spacial score (nSPS) is 47.8. The Labute approximate surface area is 95.4 Å². The fraction of sp³-hybridized carbons (Fsp3) is 1.00. The van der Waals surface area contributed by atoms with E-state index >= 15 is 0 Å². The molecule has 0 aromatic heterocycles. The van der Waals surface area contributed by atoms with E-state index in [4.69, 9.17) is 11.6 Å². The molecule has 0 radical (unpaired) electrons. The summed E-state index contributed by atoms with van der Waals surface area (Å²) in [5, 5.41) is -0.331. The second-order valence-corrected chi connectivity index (χ2v) is 5.63. The maximum Gasteiger partial charge on any atom is 0.117 e.